The molecule has 0 fully saturated rings. The highest BCUT2D eigenvalue weighted by Gasteiger charge is 2.12. The van der Waals surface area contributed by atoms with Crippen molar-refractivity contribution >= 4 is 68.1 Å². The van der Waals surface area contributed by atoms with Crippen molar-refractivity contribution in [1.82, 2.24) is 4.57 Å². The van der Waals surface area contributed by atoms with Gasteiger partial charge in [0.25, 0.3) is 5.91 Å². The third-order valence-corrected chi connectivity index (χ3v) is 5.80. The van der Waals surface area contributed by atoms with Gasteiger partial charge in [-0.2, -0.15) is 4.99 Å². The topological polar surface area (TPSA) is 34.4 Å². The van der Waals surface area contributed by atoms with Crippen LogP contribution in [-0.2, 0) is 11.3 Å². The van der Waals surface area contributed by atoms with Crippen LogP contribution in [0.2, 0.25) is 10.0 Å². The molecule has 2 heterocycles. The number of halogens is 2. The lowest BCUT2D eigenvalue weighted by Gasteiger charge is -2.02. The van der Waals surface area contributed by atoms with Crippen LogP contribution in [0.15, 0.2) is 40.7 Å². The van der Waals surface area contributed by atoms with Gasteiger partial charge in [-0.3, -0.25) is 4.79 Å². The van der Waals surface area contributed by atoms with E-state index in [1.165, 1.54) is 17.4 Å². The number of carbonyl (C=O) groups excluding carboxylic acids is 1. The first-order valence-electron chi connectivity index (χ1n) is 6.81. The minimum absolute atomic E-state index is 0.251. The highest BCUT2D eigenvalue weighted by molar-refractivity contribution is 7.16. The monoisotopic (exact) mass is 392 g/mol. The third kappa shape index (κ3) is 3.47. The molecule has 7 heteroatoms. The number of thiazole rings is 1. The van der Waals surface area contributed by atoms with Gasteiger partial charge >= 0.3 is 0 Å². The van der Waals surface area contributed by atoms with E-state index in [0.29, 0.717) is 20.4 Å². The minimum atomic E-state index is -0.358. The molecule has 0 aliphatic heterocycles. The summed E-state index contributed by atoms with van der Waals surface area (Å²) in [7, 11) is 0. The molecule has 3 aromatic rings. The molecule has 0 N–H and O–H groups in total. The number of carbonyl (C=O) groups is 1. The van der Waals surface area contributed by atoms with Crippen LogP contribution >= 0.6 is 45.9 Å². The predicted molar refractivity (Wildman–Crippen MR) is 103 cm³/mol. The molecule has 0 aliphatic carbocycles. The second kappa shape index (κ2) is 7.37. The van der Waals surface area contributed by atoms with Crippen molar-refractivity contribution in [2.24, 2.45) is 4.99 Å². The molecule has 0 aliphatic rings. The van der Waals surface area contributed by atoms with Crippen LogP contribution in [0.25, 0.3) is 16.3 Å². The molecule has 2 aromatic heterocycles. The van der Waals surface area contributed by atoms with E-state index in [4.69, 9.17) is 29.6 Å². The van der Waals surface area contributed by atoms with E-state index in [-0.39, 0.29) is 12.5 Å². The maximum atomic E-state index is 12.1. The second-order valence-electron chi connectivity index (χ2n) is 4.68. The van der Waals surface area contributed by atoms with E-state index in [9.17, 15) is 4.79 Å². The summed E-state index contributed by atoms with van der Waals surface area (Å²) in [6.07, 6.45) is 8.61. The Hall–Kier alpha value is -1.84. The van der Waals surface area contributed by atoms with Crippen LogP contribution in [0.5, 0.6) is 0 Å². The Morgan fingerprint density at radius 3 is 2.92 bits per heavy atom. The van der Waals surface area contributed by atoms with Crippen LogP contribution in [0.3, 0.4) is 0 Å². The fourth-order valence-corrected chi connectivity index (χ4v) is 4.23. The number of nitrogens with zero attached hydrogens (tertiary/aromatic N) is 2. The van der Waals surface area contributed by atoms with Gasteiger partial charge in [-0.1, -0.05) is 46.5 Å². The number of fused-ring (bicyclic) bond motifs is 1. The Morgan fingerprint density at radius 2 is 2.21 bits per heavy atom. The normalized spacial score (nSPS) is 12.1. The highest BCUT2D eigenvalue weighted by Crippen LogP contribution is 2.32. The Balaban J connectivity index is 2.08. The minimum Gasteiger partial charge on any atom is -0.303 e. The number of hydrogen-bond acceptors (Lipinski definition) is 3. The van der Waals surface area contributed by atoms with Crippen molar-refractivity contribution < 1.29 is 4.79 Å². The summed E-state index contributed by atoms with van der Waals surface area (Å²) in [4.78, 5) is 17.8. The molecule has 120 valence electrons. The van der Waals surface area contributed by atoms with Crippen LogP contribution in [0.1, 0.15) is 4.88 Å². The van der Waals surface area contributed by atoms with Crippen LogP contribution in [0.4, 0.5) is 0 Å². The Labute approximate surface area is 156 Å². The average molecular weight is 393 g/mol. The molecule has 0 atom stereocenters. The van der Waals surface area contributed by atoms with E-state index < -0.39 is 0 Å². The fourth-order valence-electron chi connectivity index (χ4n) is 2.10. The van der Waals surface area contributed by atoms with E-state index in [2.05, 4.69) is 10.9 Å². The van der Waals surface area contributed by atoms with Crippen molar-refractivity contribution in [3.63, 3.8) is 0 Å². The summed E-state index contributed by atoms with van der Waals surface area (Å²) in [6.45, 7) is 0.251. The number of benzene rings is 1. The molecule has 1 aromatic carbocycles. The van der Waals surface area contributed by atoms with Gasteiger partial charge in [-0.25, -0.2) is 0 Å². The summed E-state index contributed by atoms with van der Waals surface area (Å²) >= 11 is 15.3. The van der Waals surface area contributed by atoms with Crippen molar-refractivity contribution in [2.75, 3.05) is 0 Å². The summed E-state index contributed by atoms with van der Waals surface area (Å²) in [6, 6.07) is 7.40. The first-order chi connectivity index (χ1) is 11.6. The average Bonchev–Trinajstić information content (AvgIpc) is 3.18. The summed E-state index contributed by atoms with van der Waals surface area (Å²) in [5, 5.41) is 2.78. The van der Waals surface area contributed by atoms with Gasteiger partial charge in [0.15, 0.2) is 4.80 Å². The SMILES string of the molecule is C#CCn1c(=NC(=O)C=Cc2cccs2)sc2ccc(Cl)c(Cl)c21. The Bertz CT molecular complexity index is 1040. The maximum absolute atomic E-state index is 12.1. The molecule has 24 heavy (non-hydrogen) atoms. The molecule has 0 saturated heterocycles. The fraction of sp³-hybridized carbons (Fsp3) is 0.0588. The smallest absolute Gasteiger partial charge is 0.272 e. The molecule has 0 bridgehead atoms. The van der Waals surface area contributed by atoms with Gasteiger partial charge in [0.05, 0.1) is 26.8 Å². The lowest BCUT2D eigenvalue weighted by atomic mass is 10.3. The molecule has 0 spiro atoms. The van der Waals surface area contributed by atoms with Gasteiger partial charge in [-0.15, -0.1) is 17.8 Å². The van der Waals surface area contributed by atoms with Crippen LogP contribution in [0, 0.1) is 12.3 Å². The zero-order chi connectivity index (χ0) is 17.1. The van der Waals surface area contributed by atoms with Crippen molar-refractivity contribution in [1.29, 1.82) is 0 Å². The molecule has 0 saturated carbocycles. The number of terminal acetylenes is 1. The summed E-state index contributed by atoms with van der Waals surface area (Å²) in [5.74, 6) is 2.20. The van der Waals surface area contributed by atoms with E-state index >= 15 is 0 Å². The predicted octanol–water partition coefficient (Wildman–Crippen LogP) is 4.85. The first kappa shape index (κ1) is 17.0. The second-order valence-corrected chi connectivity index (χ2v) is 7.46. The van der Waals surface area contributed by atoms with Gasteiger partial charge in [0, 0.05) is 11.0 Å². The third-order valence-electron chi connectivity index (χ3n) is 3.12. The number of thiophene rings is 1. The molecule has 3 nitrogen and oxygen atoms in total. The van der Waals surface area contributed by atoms with E-state index in [1.807, 2.05) is 23.6 Å². The number of aromatic nitrogens is 1. The number of amides is 1. The molecule has 1 amide bonds. The van der Waals surface area contributed by atoms with Crippen molar-refractivity contribution in [3.8, 4) is 12.3 Å². The zero-order valence-corrected chi connectivity index (χ0v) is 15.3. The molecule has 0 radical (unpaired) electrons. The molecule has 0 unspecified atom stereocenters. The molecular formula is C17H10Cl2N2OS2. The quantitative estimate of drug-likeness (QED) is 0.463. The number of rotatable bonds is 3. The summed E-state index contributed by atoms with van der Waals surface area (Å²) in [5.41, 5.74) is 0.695. The largest absolute Gasteiger partial charge is 0.303 e. The van der Waals surface area contributed by atoms with Gasteiger partial charge in [-0.05, 0) is 29.7 Å². The molecular weight excluding hydrogens is 383 g/mol. The van der Waals surface area contributed by atoms with E-state index in [1.54, 1.807) is 28.0 Å². The van der Waals surface area contributed by atoms with Crippen LogP contribution in [-0.4, -0.2) is 10.5 Å². The number of hydrogen-bond donors (Lipinski definition) is 0. The van der Waals surface area contributed by atoms with Gasteiger partial charge < -0.3 is 4.57 Å². The lowest BCUT2D eigenvalue weighted by Crippen LogP contribution is -2.16. The zero-order valence-electron chi connectivity index (χ0n) is 12.2. The standard InChI is InChI=1S/C17H10Cl2N2OS2/c1-2-9-21-16-13(7-6-12(18)15(16)19)24-17(21)20-14(22)8-5-11-4-3-10-23-11/h1,3-8,10H,9H2. The first-order valence-corrected chi connectivity index (χ1v) is 9.26. The molecule has 3 rings (SSSR count). The van der Waals surface area contributed by atoms with Crippen LogP contribution < -0.4 is 4.80 Å². The Kier molecular flexibility index (Phi) is 5.22. The van der Waals surface area contributed by atoms with Crippen molar-refractivity contribution in [2.45, 2.75) is 6.54 Å². The maximum Gasteiger partial charge on any atom is 0.272 e. The highest BCUT2D eigenvalue weighted by atomic mass is 35.5. The summed E-state index contributed by atoms with van der Waals surface area (Å²) < 4.78 is 2.60. The Morgan fingerprint density at radius 1 is 1.38 bits per heavy atom. The van der Waals surface area contributed by atoms with E-state index in [0.717, 1.165) is 9.58 Å². The van der Waals surface area contributed by atoms with Gasteiger partial charge in [0.2, 0.25) is 0 Å². The van der Waals surface area contributed by atoms with Gasteiger partial charge in [0.1, 0.15) is 0 Å². The van der Waals surface area contributed by atoms with Crippen molar-refractivity contribution in [3.05, 3.63) is 55.4 Å². The lowest BCUT2D eigenvalue weighted by molar-refractivity contribution is -0.113.